The molecule has 1 aliphatic rings. The van der Waals surface area contributed by atoms with Crippen LogP contribution in [0.5, 0.6) is 0 Å². The molecule has 3 rings (SSSR count). The van der Waals surface area contributed by atoms with E-state index < -0.39 is 0 Å². The van der Waals surface area contributed by atoms with E-state index in [9.17, 15) is 4.79 Å². The molecule has 0 spiro atoms. The lowest BCUT2D eigenvalue weighted by molar-refractivity contribution is -0.132. The Hall–Kier alpha value is -1.56. The van der Waals surface area contributed by atoms with E-state index in [1.807, 2.05) is 25.7 Å². The number of aromatic nitrogens is 4. The molecule has 1 amide bonds. The van der Waals surface area contributed by atoms with Gasteiger partial charge in [0.25, 0.3) is 0 Å². The van der Waals surface area contributed by atoms with Gasteiger partial charge in [0, 0.05) is 27.1 Å². The summed E-state index contributed by atoms with van der Waals surface area (Å²) in [6, 6.07) is 0.214. The molecule has 108 valence electrons. The average Bonchev–Trinajstić information content (AvgIpc) is 2.92. The van der Waals surface area contributed by atoms with Crippen LogP contribution in [0.15, 0.2) is 0 Å². The lowest BCUT2D eigenvalue weighted by atomic mass is 10.1. The highest BCUT2D eigenvalue weighted by Gasteiger charge is 2.28. The van der Waals surface area contributed by atoms with Gasteiger partial charge in [0.15, 0.2) is 5.65 Å². The highest BCUT2D eigenvalue weighted by molar-refractivity contribution is 6.16. The molecule has 3 heterocycles. The zero-order valence-corrected chi connectivity index (χ0v) is 12.7. The molecular weight excluding hydrogens is 278 g/mol. The van der Waals surface area contributed by atoms with Crippen molar-refractivity contribution < 1.29 is 4.79 Å². The summed E-state index contributed by atoms with van der Waals surface area (Å²) in [7, 11) is 3.76. The Balaban J connectivity index is 2.12. The van der Waals surface area contributed by atoms with Crippen molar-refractivity contribution >= 4 is 28.7 Å². The number of carbonyl (C=O) groups is 1. The third-order valence-electron chi connectivity index (χ3n) is 3.99. The second-order valence-electron chi connectivity index (χ2n) is 5.38. The van der Waals surface area contributed by atoms with Crippen LogP contribution < -0.4 is 0 Å². The number of aryl methyl sites for hydroxylation is 2. The van der Waals surface area contributed by atoms with Crippen LogP contribution in [0.3, 0.4) is 0 Å². The highest BCUT2D eigenvalue weighted by atomic mass is 35.5. The number of alkyl halides is 1. The lowest BCUT2D eigenvalue weighted by Gasteiger charge is -2.31. The molecule has 0 aromatic carbocycles. The minimum absolute atomic E-state index is 0.200. The van der Waals surface area contributed by atoms with Crippen LogP contribution in [0.25, 0.3) is 11.2 Å². The van der Waals surface area contributed by atoms with Gasteiger partial charge in [-0.05, 0) is 13.3 Å². The number of hydrogen-bond donors (Lipinski definition) is 0. The molecule has 0 bridgehead atoms. The number of nitrogens with zero attached hydrogens (tertiary/aromatic N) is 5. The van der Waals surface area contributed by atoms with Crippen molar-refractivity contribution in [3.05, 3.63) is 11.5 Å². The topological polar surface area (TPSA) is 56.0 Å². The predicted molar refractivity (Wildman–Crippen MR) is 76.7 cm³/mol. The zero-order valence-electron chi connectivity index (χ0n) is 11.9. The first-order valence-electron chi connectivity index (χ1n) is 6.73. The van der Waals surface area contributed by atoms with Crippen LogP contribution in [-0.4, -0.2) is 43.7 Å². The minimum Gasteiger partial charge on any atom is -0.344 e. The molecule has 1 saturated heterocycles. The first-order chi connectivity index (χ1) is 9.52. The number of imidazole rings is 1. The number of hydrogen-bond acceptors (Lipinski definition) is 3. The molecule has 0 radical (unpaired) electrons. The van der Waals surface area contributed by atoms with Gasteiger partial charge in [-0.1, -0.05) is 0 Å². The normalized spacial score (nSPS) is 20.1. The molecule has 1 unspecified atom stereocenters. The van der Waals surface area contributed by atoms with E-state index in [-0.39, 0.29) is 11.9 Å². The molecule has 1 fully saturated rings. The first kappa shape index (κ1) is 13.4. The van der Waals surface area contributed by atoms with Gasteiger partial charge in [0.05, 0.1) is 17.6 Å². The summed E-state index contributed by atoms with van der Waals surface area (Å²) < 4.78 is 4.01. The van der Waals surface area contributed by atoms with Gasteiger partial charge >= 0.3 is 0 Å². The van der Waals surface area contributed by atoms with Crippen molar-refractivity contribution in [1.82, 2.24) is 24.2 Å². The fraction of sp³-hybridized carbons (Fsp3) is 0.615. The third-order valence-corrected chi connectivity index (χ3v) is 4.23. The maximum Gasteiger partial charge on any atom is 0.222 e. The number of amides is 1. The molecule has 0 N–H and O–H groups in total. The van der Waals surface area contributed by atoms with Crippen LogP contribution >= 0.6 is 11.6 Å². The van der Waals surface area contributed by atoms with E-state index in [2.05, 4.69) is 14.6 Å². The van der Waals surface area contributed by atoms with E-state index in [0.29, 0.717) is 18.8 Å². The standard InChI is InChI=1S/C13H18ClN5O/c1-8-12-13(18(3)16-8)19(10(6-14)15-12)9-4-5-11(20)17(2)7-9/h9H,4-7H2,1-3H3. The Morgan fingerprint density at radius 1 is 1.40 bits per heavy atom. The molecule has 2 aromatic rings. The summed E-state index contributed by atoms with van der Waals surface area (Å²) in [6.07, 6.45) is 1.39. The van der Waals surface area contributed by atoms with Gasteiger partial charge in [0.2, 0.25) is 5.91 Å². The van der Waals surface area contributed by atoms with Gasteiger partial charge in [-0.25, -0.2) is 4.98 Å². The molecule has 20 heavy (non-hydrogen) atoms. The highest BCUT2D eigenvalue weighted by Crippen LogP contribution is 2.29. The molecule has 2 aromatic heterocycles. The molecule has 0 aliphatic carbocycles. The second-order valence-corrected chi connectivity index (χ2v) is 5.65. The van der Waals surface area contributed by atoms with Gasteiger partial charge in [0.1, 0.15) is 11.3 Å². The maximum atomic E-state index is 11.7. The number of piperidine rings is 1. The van der Waals surface area contributed by atoms with Crippen molar-refractivity contribution in [3.63, 3.8) is 0 Å². The Bertz CT molecular complexity index is 674. The van der Waals surface area contributed by atoms with Crippen molar-refractivity contribution in [1.29, 1.82) is 0 Å². The largest absolute Gasteiger partial charge is 0.344 e. The van der Waals surface area contributed by atoms with Crippen molar-refractivity contribution in [2.75, 3.05) is 13.6 Å². The Morgan fingerprint density at radius 2 is 2.15 bits per heavy atom. The molecular formula is C13H18ClN5O. The van der Waals surface area contributed by atoms with Gasteiger partial charge in [-0.3, -0.25) is 9.48 Å². The molecule has 0 saturated carbocycles. The average molecular weight is 296 g/mol. The van der Waals surface area contributed by atoms with Crippen LogP contribution in [0, 0.1) is 6.92 Å². The van der Waals surface area contributed by atoms with Crippen molar-refractivity contribution in [3.8, 4) is 0 Å². The summed E-state index contributed by atoms with van der Waals surface area (Å²) >= 11 is 6.06. The number of likely N-dealkylation sites (tertiary alicyclic amines) is 1. The summed E-state index contributed by atoms with van der Waals surface area (Å²) in [4.78, 5) is 18.0. The van der Waals surface area contributed by atoms with Gasteiger partial charge in [-0.15, -0.1) is 11.6 Å². The van der Waals surface area contributed by atoms with Crippen LogP contribution in [-0.2, 0) is 17.7 Å². The Labute approximate surface area is 122 Å². The number of carbonyl (C=O) groups excluding carboxylic acids is 1. The quantitative estimate of drug-likeness (QED) is 0.791. The van der Waals surface area contributed by atoms with Crippen LogP contribution in [0.1, 0.15) is 30.4 Å². The van der Waals surface area contributed by atoms with Crippen LogP contribution in [0.2, 0.25) is 0 Å². The smallest absolute Gasteiger partial charge is 0.222 e. The SMILES string of the molecule is Cc1nn(C)c2c1nc(CCl)n2C1CCC(=O)N(C)C1. The Morgan fingerprint density at radius 3 is 2.80 bits per heavy atom. The number of rotatable bonds is 2. The summed E-state index contributed by atoms with van der Waals surface area (Å²) in [5.41, 5.74) is 2.81. The zero-order chi connectivity index (χ0) is 14.4. The fourth-order valence-corrected chi connectivity index (χ4v) is 3.21. The van der Waals surface area contributed by atoms with E-state index >= 15 is 0 Å². The molecule has 1 aliphatic heterocycles. The summed E-state index contributed by atoms with van der Waals surface area (Å²) in [5, 5.41) is 4.42. The number of fused-ring (bicyclic) bond motifs is 1. The molecule has 7 heteroatoms. The summed E-state index contributed by atoms with van der Waals surface area (Å²) in [6.45, 7) is 2.65. The molecule has 1 atom stereocenters. The Kier molecular flexibility index (Phi) is 3.20. The fourth-order valence-electron chi connectivity index (χ4n) is 3.02. The van der Waals surface area contributed by atoms with E-state index in [1.165, 1.54) is 0 Å². The van der Waals surface area contributed by atoms with Gasteiger partial charge in [-0.2, -0.15) is 5.10 Å². The maximum absolute atomic E-state index is 11.7. The van der Waals surface area contributed by atoms with E-state index in [0.717, 1.165) is 29.1 Å². The van der Waals surface area contributed by atoms with Crippen molar-refractivity contribution in [2.45, 2.75) is 31.7 Å². The third kappa shape index (κ3) is 1.90. The monoisotopic (exact) mass is 295 g/mol. The second kappa shape index (κ2) is 4.77. The predicted octanol–water partition coefficient (Wildman–Crippen LogP) is 1.61. The minimum atomic E-state index is 0.200. The first-order valence-corrected chi connectivity index (χ1v) is 7.26. The lowest BCUT2D eigenvalue weighted by Crippen LogP contribution is -2.38. The number of halogens is 1. The van der Waals surface area contributed by atoms with Crippen LogP contribution in [0.4, 0.5) is 0 Å². The van der Waals surface area contributed by atoms with Gasteiger partial charge < -0.3 is 9.47 Å². The van der Waals surface area contributed by atoms with E-state index in [4.69, 9.17) is 11.6 Å². The molecule has 6 nitrogen and oxygen atoms in total. The summed E-state index contributed by atoms with van der Waals surface area (Å²) in [5.74, 6) is 1.42. The number of likely N-dealkylation sites (N-methyl/N-ethyl adjacent to an activating group) is 1. The van der Waals surface area contributed by atoms with Crippen molar-refractivity contribution in [2.24, 2.45) is 7.05 Å². The van der Waals surface area contributed by atoms with E-state index in [1.54, 1.807) is 4.90 Å².